The number of hydrogen-bond acceptors (Lipinski definition) is 4. The zero-order valence-electron chi connectivity index (χ0n) is 9.63. The predicted octanol–water partition coefficient (Wildman–Crippen LogP) is 0.148. The van der Waals surface area contributed by atoms with E-state index in [-0.39, 0.29) is 0 Å². The Hall–Kier alpha value is -2.33. The number of nitrogens with one attached hydrogen (secondary N) is 1. The smallest absolute Gasteiger partial charge is 0.414 e. The van der Waals surface area contributed by atoms with Crippen molar-refractivity contribution in [2.45, 2.75) is 12.8 Å². The van der Waals surface area contributed by atoms with Crippen LogP contribution in [0.1, 0.15) is 12.1 Å². The van der Waals surface area contributed by atoms with Crippen LogP contribution in [0.25, 0.3) is 0 Å². The number of ether oxygens (including phenoxy) is 1. The molecule has 3 N–H and O–H groups in total. The van der Waals surface area contributed by atoms with Gasteiger partial charge in [0, 0.05) is 18.5 Å². The van der Waals surface area contributed by atoms with Gasteiger partial charge in [-0.2, -0.15) is 0 Å². The van der Waals surface area contributed by atoms with Crippen molar-refractivity contribution in [3.63, 3.8) is 0 Å². The summed E-state index contributed by atoms with van der Waals surface area (Å²) in [7, 11) is 0. The minimum Gasteiger partial charge on any atom is -0.473 e. The maximum absolute atomic E-state index is 9.10. The monoisotopic (exact) mass is 254 g/mol. The van der Waals surface area contributed by atoms with Gasteiger partial charge in [-0.3, -0.25) is 0 Å². The van der Waals surface area contributed by atoms with Gasteiger partial charge in [-0.1, -0.05) is 5.92 Å². The second-order valence-corrected chi connectivity index (χ2v) is 3.05. The minimum atomic E-state index is -1.82. The van der Waals surface area contributed by atoms with Crippen LogP contribution in [0, 0.1) is 12.3 Å². The molecule has 0 aliphatic heterocycles. The Morgan fingerprint density at radius 1 is 1.44 bits per heavy atom. The largest absolute Gasteiger partial charge is 0.473 e. The van der Waals surface area contributed by atoms with Crippen LogP contribution in [-0.2, 0) is 20.7 Å². The Morgan fingerprint density at radius 2 is 2.11 bits per heavy atom. The molecule has 1 heterocycles. The SMILES string of the molecule is C#CCOCCCc1cnc[nH]1.O=C(O)C(=O)O. The van der Waals surface area contributed by atoms with E-state index in [1.54, 1.807) is 6.33 Å². The van der Waals surface area contributed by atoms with Crippen molar-refractivity contribution in [2.75, 3.05) is 13.2 Å². The molecular formula is C11H14N2O5. The molecule has 0 saturated heterocycles. The van der Waals surface area contributed by atoms with Crippen LogP contribution < -0.4 is 0 Å². The number of aromatic nitrogens is 2. The molecule has 1 aromatic heterocycles. The molecule has 1 aromatic rings. The number of rotatable bonds is 5. The van der Waals surface area contributed by atoms with Crippen LogP contribution in [0.4, 0.5) is 0 Å². The number of nitrogens with zero attached hydrogens (tertiary/aromatic N) is 1. The van der Waals surface area contributed by atoms with Crippen LogP contribution in [0.5, 0.6) is 0 Å². The highest BCUT2D eigenvalue weighted by Crippen LogP contribution is 1.96. The van der Waals surface area contributed by atoms with Gasteiger partial charge in [0.05, 0.1) is 6.33 Å². The third-order valence-electron chi connectivity index (χ3n) is 1.66. The number of carbonyl (C=O) groups is 2. The van der Waals surface area contributed by atoms with Gasteiger partial charge in [-0.15, -0.1) is 6.42 Å². The highest BCUT2D eigenvalue weighted by Gasteiger charge is 2.04. The lowest BCUT2D eigenvalue weighted by Crippen LogP contribution is -2.09. The number of H-pyrrole nitrogens is 1. The summed E-state index contributed by atoms with van der Waals surface area (Å²) in [5, 5.41) is 14.8. The molecule has 0 aliphatic carbocycles. The van der Waals surface area contributed by atoms with Crippen molar-refractivity contribution in [3.8, 4) is 12.3 Å². The second kappa shape index (κ2) is 9.86. The van der Waals surface area contributed by atoms with Crippen LogP contribution in [-0.4, -0.2) is 45.3 Å². The van der Waals surface area contributed by atoms with Gasteiger partial charge in [0.25, 0.3) is 0 Å². The summed E-state index contributed by atoms with van der Waals surface area (Å²) in [6.07, 6.45) is 10.5. The van der Waals surface area contributed by atoms with Crippen molar-refractivity contribution in [1.29, 1.82) is 0 Å². The third kappa shape index (κ3) is 8.94. The van der Waals surface area contributed by atoms with Crippen molar-refractivity contribution < 1.29 is 24.5 Å². The summed E-state index contributed by atoms with van der Waals surface area (Å²) in [4.78, 5) is 25.1. The highest BCUT2D eigenvalue weighted by molar-refractivity contribution is 6.27. The number of hydrogen-bond donors (Lipinski definition) is 3. The van der Waals surface area contributed by atoms with E-state index in [9.17, 15) is 0 Å². The summed E-state index contributed by atoms with van der Waals surface area (Å²) in [5.41, 5.74) is 1.14. The summed E-state index contributed by atoms with van der Waals surface area (Å²) in [6, 6.07) is 0. The summed E-state index contributed by atoms with van der Waals surface area (Å²) in [5.74, 6) is -1.23. The lowest BCUT2D eigenvalue weighted by Gasteiger charge is -1.97. The van der Waals surface area contributed by atoms with E-state index in [1.165, 1.54) is 0 Å². The maximum atomic E-state index is 9.10. The lowest BCUT2D eigenvalue weighted by molar-refractivity contribution is -0.159. The molecule has 7 nitrogen and oxygen atoms in total. The van der Waals surface area contributed by atoms with Crippen LogP contribution in [0.2, 0.25) is 0 Å². The normalized spacial score (nSPS) is 8.83. The predicted molar refractivity (Wildman–Crippen MR) is 61.8 cm³/mol. The van der Waals surface area contributed by atoms with Gasteiger partial charge in [-0.25, -0.2) is 14.6 Å². The Morgan fingerprint density at radius 3 is 2.56 bits per heavy atom. The number of terminal acetylenes is 1. The molecule has 1 rings (SSSR count). The van der Waals surface area contributed by atoms with Crippen LogP contribution >= 0.6 is 0 Å². The molecule has 0 spiro atoms. The number of aliphatic carboxylic acids is 2. The molecule has 0 unspecified atom stereocenters. The Kier molecular flexibility index (Phi) is 8.59. The molecule has 7 heteroatoms. The second-order valence-electron chi connectivity index (χ2n) is 3.05. The van der Waals surface area contributed by atoms with E-state index < -0.39 is 11.9 Å². The van der Waals surface area contributed by atoms with Gasteiger partial charge in [0.2, 0.25) is 0 Å². The molecule has 0 aromatic carbocycles. The fraction of sp³-hybridized carbons (Fsp3) is 0.364. The molecule has 0 saturated carbocycles. The van der Waals surface area contributed by atoms with Gasteiger partial charge >= 0.3 is 11.9 Å². The average Bonchev–Trinajstić information content (AvgIpc) is 2.82. The minimum absolute atomic E-state index is 0.406. The fourth-order valence-electron chi connectivity index (χ4n) is 0.917. The first-order valence-corrected chi connectivity index (χ1v) is 5.02. The molecule has 0 radical (unpaired) electrons. The van der Waals surface area contributed by atoms with E-state index in [4.69, 9.17) is 31.0 Å². The Bertz CT molecular complexity index is 382. The first kappa shape index (κ1) is 15.7. The molecule has 0 amide bonds. The standard InChI is InChI=1S/C9H12N2O.C2H2O4/c1-2-5-12-6-3-4-9-7-10-8-11-9;3-1(4)2(5)6/h1,7-8H,3-6H2,(H,10,11);(H,3,4)(H,5,6). The summed E-state index contributed by atoms with van der Waals surface area (Å²) in [6.45, 7) is 1.12. The zero-order chi connectivity index (χ0) is 13.8. The maximum Gasteiger partial charge on any atom is 0.414 e. The van der Waals surface area contributed by atoms with Gasteiger partial charge in [-0.05, 0) is 12.8 Å². The molecule has 0 aliphatic rings. The van der Waals surface area contributed by atoms with Gasteiger partial charge in [0.1, 0.15) is 6.61 Å². The van der Waals surface area contributed by atoms with Crippen molar-refractivity contribution in [3.05, 3.63) is 18.2 Å². The van der Waals surface area contributed by atoms with E-state index in [0.717, 1.165) is 18.5 Å². The van der Waals surface area contributed by atoms with Gasteiger partial charge < -0.3 is 19.9 Å². The molecule has 0 bridgehead atoms. The zero-order valence-corrected chi connectivity index (χ0v) is 9.63. The third-order valence-corrected chi connectivity index (χ3v) is 1.66. The van der Waals surface area contributed by atoms with E-state index in [1.807, 2.05) is 6.20 Å². The summed E-state index contributed by atoms with van der Waals surface area (Å²) < 4.78 is 5.11. The number of carboxylic acids is 2. The van der Waals surface area contributed by atoms with Crippen molar-refractivity contribution >= 4 is 11.9 Å². The Balaban J connectivity index is 0.000000411. The van der Waals surface area contributed by atoms with E-state index in [0.29, 0.717) is 13.2 Å². The highest BCUT2D eigenvalue weighted by atomic mass is 16.5. The molecule has 18 heavy (non-hydrogen) atoms. The number of imidazole rings is 1. The van der Waals surface area contributed by atoms with Crippen molar-refractivity contribution in [1.82, 2.24) is 9.97 Å². The average molecular weight is 254 g/mol. The fourth-order valence-corrected chi connectivity index (χ4v) is 0.917. The quantitative estimate of drug-likeness (QED) is 0.391. The first-order valence-electron chi connectivity index (χ1n) is 5.02. The van der Waals surface area contributed by atoms with Crippen LogP contribution in [0.15, 0.2) is 12.5 Å². The van der Waals surface area contributed by atoms with Crippen LogP contribution in [0.3, 0.4) is 0 Å². The van der Waals surface area contributed by atoms with Gasteiger partial charge in [0.15, 0.2) is 0 Å². The van der Waals surface area contributed by atoms with Crippen molar-refractivity contribution in [2.24, 2.45) is 0 Å². The molecule has 0 atom stereocenters. The van der Waals surface area contributed by atoms with E-state index >= 15 is 0 Å². The number of aryl methyl sites for hydroxylation is 1. The number of carboxylic acid groups (broad SMARTS) is 2. The lowest BCUT2D eigenvalue weighted by atomic mass is 10.3. The first-order chi connectivity index (χ1) is 8.57. The number of aromatic amines is 1. The Labute approximate surface area is 104 Å². The summed E-state index contributed by atoms with van der Waals surface area (Å²) >= 11 is 0. The molecule has 0 fully saturated rings. The molecular weight excluding hydrogens is 240 g/mol. The van der Waals surface area contributed by atoms with E-state index in [2.05, 4.69) is 15.9 Å². The molecule has 98 valence electrons. The topological polar surface area (TPSA) is 113 Å².